The van der Waals surface area contributed by atoms with E-state index in [1.165, 1.54) is 12.8 Å². The van der Waals surface area contributed by atoms with Crippen molar-refractivity contribution in [2.24, 2.45) is 11.3 Å². The molecule has 1 aliphatic carbocycles. The second kappa shape index (κ2) is 5.78. The lowest BCUT2D eigenvalue weighted by molar-refractivity contribution is -0.133. The van der Waals surface area contributed by atoms with E-state index >= 15 is 0 Å². The minimum absolute atomic E-state index is 0.00477. The van der Waals surface area contributed by atoms with E-state index in [-0.39, 0.29) is 12.5 Å². The molecular weight excluding hydrogens is 242 g/mol. The number of furan rings is 1. The lowest BCUT2D eigenvalue weighted by Crippen LogP contribution is -2.43. The molecule has 4 nitrogen and oxygen atoms in total. The first-order valence-electron chi connectivity index (χ1n) is 7.01. The number of aliphatic hydroxyl groups is 1. The Morgan fingerprint density at radius 2 is 2.21 bits per heavy atom. The van der Waals surface area contributed by atoms with Gasteiger partial charge in [-0.1, -0.05) is 26.7 Å². The normalized spacial score (nSPS) is 18.5. The molecule has 1 atom stereocenters. The molecule has 2 N–H and O–H groups in total. The van der Waals surface area contributed by atoms with Gasteiger partial charge in [0.05, 0.1) is 12.9 Å². The third-order valence-corrected chi connectivity index (χ3v) is 4.34. The summed E-state index contributed by atoms with van der Waals surface area (Å²) in [6.45, 7) is 3.84. The van der Waals surface area contributed by atoms with E-state index in [1.807, 2.05) is 13.8 Å². The second-order valence-electron chi connectivity index (χ2n) is 5.93. The summed E-state index contributed by atoms with van der Waals surface area (Å²) in [5.74, 6) is 1.02. The number of carbonyl (C=O) groups is 1. The van der Waals surface area contributed by atoms with E-state index in [4.69, 9.17) is 4.42 Å². The molecule has 0 radical (unpaired) electrons. The molecule has 0 spiro atoms. The van der Waals surface area contributed by atoms with Gasteiger partial charge >= 0.3 is 0 Å². The maximum absolute atomic E-state index is 12.5. The molecule has 19 heavy (non-hydrogen) atoms. The van der Waals surface area contributed by atoms with Crippen LogP contribution >= 0.6 is 0 Å². The standard InChI is InChI=1S/C15H23NO3/c1-15(2,11-6-3-4-7-11)14(18)16-12(10-17)13-8-5-9-19-13/h5,8-9,11-12,17H,3-4,6-7,10H2,1-2H3,(H,16,18). The van der Waals surface area contributed by atoms with Gasteiger partial charge in [0.15, 0.2) is 0 Å². The quantitative estimate of drug-likeness (QED) is 0.860. The van der Waals surface area contributed by atoms with Crippen LogP contribution in [0.15, 0.2) is 22.8 Å². The van der Waals surface area contributed by atoms with Gasteiger partial charge in [0.1, 0.15) is 11.8 Å². The van der Waals surface area contributed by atoms with E-state index in [1.54, 1.807) is 18.4 Å². The Kier molecular flexibility index (Phi) is 4.30. The zero-order chi connectivity index (χ0) is 13.9. The first-order chi connectivity index (χ1) is 9.05. The van der Waals surface area contributed by atoms with E-state index in [0.717, 1.165) is 12.8 Å². The minimum atomic E-state index is -0.455. The number of amides is 1. The third-order valence-electron chi connectivity index (χ3n) is 4.34. The summed E-state index contributed by atoms with van der Waals surface area (Å²) in [5.41, 5.74) is -0.392. The van der Waals surface area contributed by atoms with Crippen LogP contribution < -0.4 is 5.32 Å². The molecule has 1 unspecified atom stereocenters. The van der Waals surface area contributed by atoms with Crippen molar-refractivity contribution < 1.29 is 14.3 Å². The molecular formula is C15H23NO3. The highest BCUT2D eigenvalue weighted by molar-refractivity contribution is 5.82. The van der Waals surface area contributed by atoms with Gasteiger partial charge in [-0.25, -0.2) is 0 Å². The van der Waals surface area contributed by atoms with Crippen molar-refractivity contribution in [3.63, 3.8) is 0 Å². The van der Waals surface area contributed by atoms with Crippen molar-refractivity contribution in [2.45, 2.75) is 45.6 Å². The molecule has 2 rings (SSSR count). The minimum Gasteiger partial charge on any atom is -0.467 e. The van der Waals surface area contributed by atoms with Crippen molar-refractivity contribution in [3.05, 3.63) is 24.2 Å². The highest BCUT2D eigenvalue weighted by Gasteiger charge is 2.39. The summed E-state index contributed by atoms with van der Waals surface area (Å²) >= 11 is 0. The topological polar surface area (TPSA) is 62.5 Å². The Labute approximate surface area is 114 Å². The molecule has 0 aromatic carbocycles. The van der Waals surface area contributed by atoms with Crippen molar-refractivity contribution >= 4 is 5.91 Å². The van der Waals surface area contributed by atoms with Crippen molar-refractivity contribution in [3.8, 4) is 0 Å². The smallest absolute Gasteiger partial charge is 0.226 e. The SMILES string of the molecule is CC(C)(C(=O)NC(CO)c1ccco1)C1CCCC1. The van der Waals surface area contributed by atoms with Gasteiger partial charge in [-0.15, -0.1) is 0 Å². The van der Waals surface area contributed by atoms with Crippen LogP contribution in [0.25, 0.3) is 0 Å². The lowest BCUT2D eigenvalue weighted by atomic mass is 9.77. The molecule has 106 valence electrons. The van der Waals surface area contributed by atoms with Gasteiger partial charge < -0.3 is 14.8 Å². The van der Waals surface area contributed by atoms with Crippen LogP contribution in [0.4, 0.5) is 0 Å². The molecule has 4 heteroatoms. The number of hydrogen-bond donors (Lipinski definition) is 2. The van der Waals surface area contributed by atoms with Gasteiger partial charge in [0.25, 0.3) is 0 Å². The third kappa shape index (κ3) is 3.00. The zero-order valence-corrected chi connectivity index (χ0v) is 11.7. The van der Waals surface area contributed by atoms with Gasteiger partial charge in [-0.2, -0.15) is 0 Å². The Morgan fingerprint density at radius 1 is 1.53 bits per heavy atom. The van der Waals surface area contributed by atoms with Crippen LogP contribution in [0.2, 0.25) is 0 Å². The number of rotatable bonds is 5. The second-order valence-corrected chi connectivity index (χ2v) is 5.93. The van der Waals surface area contributed by atoms with E-state index in [2.05, 4.69) is 5.32 Å². The molecule has 1 saturated carbocycles. The first-order valence-corrected chi connectivity index (χ1v) is 7.01. The van der Waals surface area contributed by atoms with E-state index < -0.39 is 11.5 Å². The number of aliphatic hydroxyl groups excluding tert-OH is 1. The molecule has 1 heterocycles. The zero-order valence-electron chi connectivity index (χ0n) is 11.7. The van der Waals surface area contributed by atoms with E-state index in [0.29, 0.717) is 11.7 Å². The first kappa shape index (κ1) is 14.1. The number of carbonyl (C=O) groups excluding carboxylic acids is 1. The van der Waals surface area contributed by atoms with Crippen LogP contribution in [0.5, 0.6) is 0 Å². The number of hydrogen-bond acceptors (Lipinski definition) is 3. The summed E-state index contributed by atoms with van der Waals surface area (Å²) in [6.07, 6.45) is 6.20. The van der Waals surface area contributed by atoms with Crippen LogP contribution in [-0.2, 0) is 4.79 Å². The maximum Gasteiger partial charge on any atom is 0.226 e. The fourth-order valence-electron chi connectivity index (χ4n) is 2.87. The highest BCUT2D eigenvalue weighted by Crippen LogP contribution is 2.40. The summed E-state index contributed by atoms with van der Waals surface area (Å²) in [7, 11) is 0. The fraction of sp³-hybridized carbons (Fsp3) is 0.667. The molecule has 1 aromatic rings. The van der Waals surface area contributed by atoms with Gasteiger partial charge in [0, 0.05) is 5.41 Å². The van der Waals surface area contributed by atoms with Gasteiger partial charge in [-0.05, 0) is 30.9 Å². The summed E-state index contributed by atoms with van der Waals surface area (Å²) in [4.78, 5) is 12.5. The Hall–Kier alpha value is -1.29. The molecule has 1 fully saturated rings. The molecule has 1 aliphatic rings. The van der Waals surface area contributed by atoms with Crippen molar-refractivity contribution in [1.82, 2.24) is 5.32 Å². The average Bonchev–Trinajstić information content (AvgIpc) is 3.07. The average molecular weight is 265 g/mol. The van der Waals surface area contributed by atoms with Gasteiger partial charge in [0.2, 0.25) is 5.91 Å². The molecule has 1 aromatic heterocycles. The van der Waals surface area contributed by atoms with Crippen molar-refractivity contribution in [2.75, 3.05) is 6.61 Å². The predicted octanol–water partition coefficient (Wildman–Crippen LogP) is 2.65. The summed E-state index contributed by atoms with van der Waals surface area (Å²) in [6, 6.07) is 3.07. The summed E-state index contributed by atoms with van der Waals surface area (Å²) in [5, 5.41) is 12.3. The number of nitrogens with one attached hydrogen (secondary N) is 1. The van der Waals surface area contributed by atoms with Crippen LogP contribution in [0.3, 0.4) is 0 Å². The molecule has 0 saturated heterocycles. The molecule has 0 bridgehead atoms. The van der Waals surface area contributed by atoms with Crippen LogP contribution in [-0.4, -0.2) is 17.6 Å². The lowest BCUT2D eigenvalue weighted by Gasteiger charge is -2.31. The van der Waals surface area contributed by atoms with E-state index in [9.17, 15) is 9.90 Å². The fourth-order valence-corrected chi connectivity index (χ4v) is 2.87. The highest BCUT2D eigenvalue weighted by atomic mass is 16.3. The Balaban J connectivity index is 2.02. The van der Waals surface area contributed by atoms with Crippen LogP contribution in [0.1, 0.15) is 51.3 Å². The molecule has 1 amide bonds. The van der Waals surface area contributed by atoms with Crippen molar-refractivity contribution in [1.29, 1.82) is 0 Å². The van der Waals surface area contributed by atoms with Gasteiger partial charge in [-0.3, -0.25) is 4.79 Å². The maximum atomic E-state index is 12.5. The Bertz CT molecular complexity index is 405. The van der Waals surface area contributed by atoms with Crippen LogP contribution in [0, 0.1) is 11.3 Å². The molecule has 0 aliphatic heterocycles. The monoisotopic (exact) mass is 265 g/mol. The Morgan fingerprint density at radius 3 is 2.74 bits per heavy atom. The largest absolute Gasteiger partial charge is 0.467 e. The predicted molar refractivity (Wildman–Crippen MR) is 72.4 cm³/mol. The summed E-state index contributed by atoms with van der Waals surface area (Å²) < 4.78 is 5.25.